The van der Waals surface area contributed by atoms with Crippen molar-refractivity contribution in [1.29, 1.82) is 0 Å². The number of amides is 2. The summed E-state index contributed by atoms with van der Waals surface area (Å²) in [6.07, 6.45) is 7.23. The SMILES string of the molecule is CC(C)(C)N(C=C(Cl)Cl)C(=O)NC1CCCCC1. The van der Waals surface area contributed by atoms with Crippen LogP contribution in [0.1, 0.15) is 52.9 Å². The highest BCUT2D eigenvalue weighted by molar-refractivity contribution is 6.55. The van der Waals surface area contributed by atoms with E-state index in [-0.39, 0.29) is 22.1 Å². The molecule has 18 heavy (non-hydrogen) atoms. The number of carbonyl (C=O) groups is 1. The van der Waals surface area contributed by atoms with Crippen LogP contribution in [0.4, 0.5) is 4.79 Å². The van der Waals surface area contributed by atoms with Crippen LogP contribution in [-0.2, 0) is 0 Å². The average Bonchev–Trinajstić information content (AvgIpc) is 2.25. The summed E-state index contributed by atoms with van der Waals surface area (Å²) in [4.78, 5) is 13.8. The van der Waals surface area contributed by atoms with Crippen molar-refractivity contribution in [2.45, 2.75) is 64.5 Å². The topological polar surface area (TPSA) is 32.3 Å². The van der Waals surface area contributed by atoms with E-state index in [0.29, 0.717) is 0 Å². The van der Waals surface area contributed by atoms with Gasteiger partial charge >= 0.3 is 6.03 Å². The first-order valence-electron chi connectivity index (χ1n) is 6.43. The van der Waals surface area contributed by atoms with E-state index in [0.717, 1.165) is 12.8 Å². The Morgan fingerprint density at radius 3 is 2.22 bits per heavy atom. The van der Waals surface area contributed by atoms with Gasteiger partial charge < -0.3 is 5.32 Å². The molecule has 0 bridgehead atoms. The largest absolute Gasteiger partial charge is 0.335 e. The lowest BCUT2D eigenvalue weighted by Gasteiger charge is -2.34. The molecule has 2 amide bonds. The molecule has 1 N–H and O–H groups in total. The van der Waals surface area contributed by atoms with Crippen molar-refractivity contribution in [2.24, 2.45) is 0 Å². The Kier molecular flexibility index (Phi) is 5.80. The van der Waals surface area contributed by atoms with E-state index in [2.05, 4.69) is 5.32 Å². The van der Waals surface area contributed by atoms with Gasteiger partial charge in [0.15, 0.2) is 0 Å². The molecule has 0 unspecified atom stereocenters. The van der Waals surface area contributed by atoms with Gasteiger partial charge in [-0.3, -0.25) is 4.90 Å². The number of hydrogen-bond acceptors (Lipinski definition) is 1. The van der Waals surface area contributed by atoms with Crippen molar-refractivity contribution >= 4 is 29.2 Å². The fraction of sp³-hybridized carbons (Fsp3) is 0.769. The van der Waals surface area contributed by atoms with E-state index < -0.39 is 0 Å². The summed E-state index contributed by atoms with van der Waals surface area (Å²) in [6.45, 7) is 5.84. The number of hydrogen-bond donors (Lipinski definition) is 1. The van der Waals surface area contributed by atoms with E-state index in [1.807, 2.05) is 20.8 Å². The van der Waals surface area contributed by atoms with Crippen molar-refractivity contribution in [3.05, 3.63) is 10.7 Å². The van der Waals surface area contributed by atoms with E-state index >= 15 is 0 Å². The Hall–Kier alpha value is -0.410. The van der Waals surface area contributed by atoms with Gasteiger partial charge in [0.05, 0.1) is 0 Å². The third-order valence-electron chi connectivity index (χ3n) is 3.10. The van der Waals surface area contributed by atoms with Gasteiger partial charge in [-0.05, 0) is 33.6 Å². The second kappa shape index (κ2) is 6.67. The number of carbonyl (C=O) groups excluding carboxylic acids is 1. The number of rotatable bonds is 2. The molecule has 0 atom stereocenters. The average molecular weight is 293 g/mol. The molecule has 3 nitrogen and oxygen atoms in total. The number of halogens is 2. The van der Waals surface area contributed by atoms with Gasteiger partial charge in [-0.25, -0.2) is 4.79 Å². The summed E-state index contributed by atoms with van der Waals surface area (Å²) in [7, 11) is 0. The Labute approximate surface area is 120 Å². The lowest BCUT2D eigenvalue weighted by atomic mass is 9.95. The molecule has 0 aromatic carbocycles. The molecule has 0 aliphatic heterocycles. The summed E-state index contributed by atoms with van der Waals surface area (Å²) in [5, 5.41) is 3.06. The van der Waals surface area contributed by atoms with Crippen LogP contribution in [0, 0.1) is 0 Å². The summed E-state index contributed by atoms with van der Waals surface area (Å²) in [6, 6.07) is 0.145. The molecular formula is C13H22Cl2N2O. The maximum atomic E-state index is 12.2. The van der Waals surface area contributed by atoms with Crippen LogP contribution in [0.15, 0.2) is 10.7 Å². The Morgan fingerprint density at radius 2 is 1.78 bits per heavy atom. The number of nitrogens with one attached hydrogen (secondary N) is 1. The Balaban J connectivity index is 2.67. The van der Waals surface area contributed by atoms with Crippen molar-refractivity contribution in [3.8, 4) is 0 Å². The number of nitrogens with zero attached hydrogens (tertiary/aromatic N) is 1. The maximum Gasteiger partial charge on any atom is 0.322 e. The highest BCUT2D eigenvalue weighted by Gasteiger charge is 2.27. The standard InChI is InChI=1S/C13H22Cl2N2O/c1-13(2,3)17(9-11(14)15)12(18)16-10-7-5-4-6-8-10/h9-10H,4-8H2,1-3H3,(H,16,18). The third-order valence-corrected chi connectivity index (χ3v) is 3.30. The molecule has 1 aliphatic rings. The van der Waals surface area contributed by atoms with Gasteiger partial charge in [0.1, 0.15) is 4.49 Å². The van der Waals surface area contributed by atoms with Gasteiger partial charge in [-0.15, -0.1) is 0 Å². The quantitative estimate of drug-likeness (QED) is 0.803. The van der Waals surface area contributed by atoms with E-state index in [1.54, 1.807) is 4.90 Å². The first-order valence-corrected chi connectivity index (χ1v) is 7.19. The molecule has 1 aliphatic carbocycles. The zero-order chi connectivity index (χ0) is 13.8. The van der Waals surface area contributed by atoms with Gasteiger partial charge in [0, 0.05) is 17.8 Å². The lowest BCUT2D eigenvalue weighted by molar-refractivity contribution is 0.172. The van der Waals surface area contributed by atoms with Crippen LogP contribution in [0.3, 0.4) is 0 Å². The summed E-state index contributed by atoms with van der Waals surface area (Å²) in [5.74, 6) is 0. The van der Waals surface area contributed by atoms with Crippen molar-refractivity contribution in [2.75, 3.05) is 0 Å². The van der Waals surface area contributed by atoms with E-state index in [4.69, 9.17) is 23.2 Å². The predicted molar refractivity (Wildman–Crippen MR) is 76.8 cm³/mol. The Morgan fingerprint density at radius 1 is 1.22 bits per heavy atom. The van der Waals surface area contributed by atoms with Crippen LogP contribution >= 0.6 is 23.2 Å². The molecule has 0 radical (unpaired) electrons. The first-order chi connectivity index (χ1) is 8.30. The molecule has 104 valence electrons. The molecule has 1 saturated carbocycles. The molecule has 0 heterocycles. The molecule has 1 rings (SSSR count). The predicted octanol–water partition coefficient (Wildman–Crippen LogP) is 4.41. The molecular weight excluding hydrogens is 271 g/mol. The highest BCUT2D eigenvalue weighted by Crippen LogP contribution is 2.21. The lowest BCUT2D eigenvalue weighted by Crippen LogP contribution is -2.50. The van der Waals surface area contributed by atoms with Crippen LogP contribution in [-0.4, -0.2) is 22.5 Å². The smallest absolute Gasteiger partial charge is 0.322 e. The van der Waals surface area contributed by atoms with Gasteiger partial charge in [0.25, 0.3) is 0 Å². The zero-order valence-corrected chi connectivity index (χ0v) is 12.8. The minimum absolute atomic E-state index is 0.0868. The van der Waals surface area contributed by atoms with Crippen molar-refractivity contribution in [1.82, 2.24) is 10.2 Å². The minimum Gasteiger partial charge on any atom is -0.335 e. The highest BCUT2D eigenvalue weighted by atomic mass is 35.5. The molecule has 0 aromatic rings. The monoisotopic (exact) mass is 292 g/mol. The summed E-state index contributed by atoms with van der Waals surface area (Å²) in [5.41, 5.74) is -0.353. The second-order valence-electron chi connectivity index (χ2n) is 5.74. The fourth-order valence-electron chi connectivity index (χ4n) is 2.15. The van der Waals surface area contributed by atoms with Crippen molar-refractivity contribution in [3.63, 3.8) is 0 Å². The van der Waals surface area contributed by atoms with Gasteiger partial charge in [-0.2, -0.15) is 0 Å². The maximum absolute atomic E-state index is 12.2. The summed E-state index contributed by atoms with van der Waals surface area (Å²) < 4.78 is 0.0868. The second-order valence-corrected chi connectivity index (χ2v) is 6.75. The molecule has 0 aromatic heterocycles. The van der Waals surface area contributed by atoms with E-state index in [1.165, 1.54) is 25.5 Å². The van der Waals surface area contributed by atoms with Gasteiger partial charge in [0.2, 0.25) is 0 Å². The van der Waals surface area contributed by atoms with Crippen LogP contribution in [0.25, 0.3) is 0 Å². The van der Waals surface area contributed by atoms with E-state index in [9.17, 15) is 4.79 Å². The normalized spacial score (nSPS) is 17.2. The third kappa shape index (κ3) is 5.07. The fourth-order valence-corrected chi connectivity index (χ4v) is 2.34. The molecule has 1 fully saturated rings. The van der Waals surface area contributed by atoms with Gasteiger partial charge in [-0.1, -0.05) is 42.5 Å². The zero-order valence-electron chi connectivity index (χ0n) is 11.3. The van der Waals surface area contributed by atoms with Crippen LogP contribution in [0.2, 0.25) is 0 Å². The number of urea groups is 1. The molecule has 0 saturated heterocycles. The van der Waals surface area contributed by atoms with Crippen LogP contribution < -0.4 is 5.32 Å². The molecule has 0 spiro atoms. The molecule has 5 heteroatoms. The Bertz CT molecular complexity index is 313. The first kappa shape index (κ1) is 15.6. The minimum atomic E-state index is -0.353. The van der Waals surface area contributed by atoms with Crippen LogP contribution in [0.5, 0.6) is 0 Å². The van der Waals surface area contributed by atoms with Crippen molar-refractivity contribution < 1.29 is 4.79 Å². The summed E-state index contributed by atoms with van der Waals surface area (Å²) >= 11 is 11.3.